The quantitative estimate of drug-likeness (QED) is 0.353. The molecule has 3 aliphatic rings. The molecule has 0 radical (unpaired) electrons. The van der Waals surface area contributed by atoms with Gasteiger partial charge in [0.1, 0.15) is 23.6 Å². The number of nitrogens with zero attached hydrogens (tertiary/aromatic N) is 1. The number of carbonyl (C=O) groups is 2. The van der Waals surface area contributed by atoms with Crippen molar-refractivity contribution in [3.05, 3.63) is 12.2 Å². The molecule has 10 heteroatoms. The molecule has 2 unspecified atom stereocenters. The average molecular weight is 612 g/mol. The Morgan fingerprint density at radius 2 is 1.67 bits per heavy atom. The minimum atomic E-state index is -1.19. The van der Waals surface area contributed by atoms with Gasteiger partial charge in [0.25, 0.3) is 0 Å². The SMILES string of the molecule is C=C1CO[C@@]2(C)C1C(C)C(=O)[C@H](C)C[C@@](C)(OC)[C@H](O[C@@H]1O[C@H](C)C[C@H](N(C)C)[C@H]1O)[C@@H](C)[C@H](O)[C@@H](C)C(=O)O[C@@H]2CC. The number of Topliss-reactive ketones (excluding diaryl/α,β-unsaturated/α-hetero) is 1. The van der Waals surface area contributed by atoms with Crippen LogP contribution in [0.3, 0.4) is 0 Å². The number of carbonyl (C=O) groups excluding carboxylic acids is 2. The second-order valence-electron chi connectivity index (χ2n) is 14.0. The fourth-order valence-corrected chi connectivity index (χ4v) is 7.86. The topological polar surface area (TPSA) is 124 Å². The largest absolute Gasteiger partial charge is 0.459 e. The van der Waals surface area contributed by atoms with E-state index in [9.17, 15) is 19.8 Å². The number of ketones is 1. The van der Waals surface area contributed by atoms with Gasteiger partial charge in [-0.05, 0) is 66.6 Å². The maximum atomic E-state index is 14.1. The van der Waals surface area contributed by atoms with Crippen LogP contribution < -0.4 is 0 Å². The van der Waals surface area contributed by atoms with E-state index < -0.39 is 71.5 Å². The first-order valence-corrected chi connectivity index (χ1v) is 15.9. The molecule has 0 aromatic rings. The lowest BCUT2D eigenvalue weighted by Crippen LogP contribution is -2.60. The minimum absolute atomic E-state index is 0.0138. The molecular weight excluding hydrogens is 554 g/mol. The molecule has 0 bridgehead atoms. The van der Waals surface area contributed by atoms with Gasteiger partial charge in [-0.2, -0.15) is 0 Å². The summed E-state index contributed by atoms with van der Waals surface area (Å²) in [6.07, 6.45) is -3.50. The van der Waals surface area contributed by atoms with Crippen LogP contribution in [0.15, 0.2) is 12.2 Å². The van der Waals surface area contributed by atoms with Gasteiger partial charge in [-0.1, -0.05) is 34.3 Å². The summed E-state index contributed by atoms with van der Waals surface area (Å²) >= 11 is 0. The maximum absolute atomic E-state index is 14.1. The number of likely N-dealkylation sites (N-methyl/N-ethyl adjacent to an activating group) is 1. The highest BCUT2D eigenvalue weighted by Crippen LogP contribution is 2.46. The molecule has 0 aromatic carbocycles. The van der Waals surface area contributed by atoms with Crippen LogP contribution in [0.25, 0.3) is 0 Å². The third kappa shape index (κ3) is 7.05. The Morgan fingerprint density at radius 3 is 2.23 bits per heavy atom. The predicted molar refractivity (Wildman–Crippen MR) is 162 cm³/mol. The van der Waals surface area contributed by atoms with Gasteiger partial charge in [-0.3, -0.25) is 9.59 Å². The number of aliphatic hydroxyl groups is 2. The van der Waals surface area contributed by atoms with Crippen molar-refractivity contribution in [3.8, 4) is 0 Å². The van der Waals surface area contributed by atoms with Crippen molar-refractivity contribution in [1.82, 2.24) is 4.90 Å². The molecule has 3 fully saturated rings. The number of esters is 1. The number of fused-ring (bicyclic) bond motifs is 1. The summed E-state index contributed by atoms with van der Waals surface area (Å²) in [5.41, 5.74) is -1.25. The lowest BCUT2D eigenvalue weighted by molar-refractivity contribution is -0.301. The van der Waals surface area contributed by atoms with Crippen molar-refractivity contribution < 1.29 is 43.5 Å². The van der Waals surface area contributed by atoms with E-state index in [1.54, 1.807) is 21.0 Å². The highest BCUT2D eigenvalue weighted by molar-refractivity contribution is 5.84. The Morgan fingerprint density at radius 1 is 1.05 bits per heavy atom. The number of rotatable bonds is 5. The van der Waals surface area contributed by atoms with E-state index in [0.29, 0.717) is 12.8 Å². The van der Waals surface area contributed by atoms with Gasteiger partial charge in [-0.15, -0.1) is 0 Å². The molecule has 0 aromatic heterocycles. The number of methoxy groups -OCH3 is 1. The number of hydrogen-bond donors (Lipinski definition) is 2. The minimum Gasteiger partial charge on any atom is -0.459 e. The first-order chi connectivity index (χ1) is 19.9. The molecule has 14 atom stereocenters. The van der Waals surface area contributed by atoms with Gasteiger partial charge in [-0.25, -0.2) is 0 Å². The zero-order valence-corrected chi connectivity index (χ0v) is 28.2. The molecule has 248 valence electrons. The molecule has 10 nitrogen and oxygen atoms in total. The fourth-order valence-electron chi connectivity index (χ4n) is 7.86. The van der Waals surface area contributed by atoms with Crippen LogP contribution in [-0.2, 0) is 33.3 Å². The molecule has 3 heterocycles. The van der Waals surface area contributed by atoms with Gasteiger partial charge in [0, 0.05) is 36.8 Å². The first kappa shape index (κ1) is 36.1. The van der Waals surface area contributed by atoms with E-state index in [4.69, 9.17) is 23.7 Å². The molecule has 3 rings (SSSR count). The summed E-state index contributed by atoms with van der Waals surface area (Å²) in [5, 5.41) is 23.0. The van der Waals surface area contributed by atoms with Gasteiger partial charge < -0.3 is 38.8 Å². The van der Waals surface area contributed by atoms with Crippen LogP contribution in [0, 0.1) is 29.6 Å². The summed E-state index contributed by atoms with van der Waals surface area (Å²) in [6.45, 7) is 19.3. The summed E-state index contributed by atoms with van der Waals surface area (Å²) in [4.78, 5) is 29.6. The molecule has 0 spiro atoms. The Balaban J connectivity index is 2.09. The molecule has 3 saturated heterocycles. The van der Waals surface area contributed by atoms with Gasteiger partial charge in [0.15, 0.2) is 6.29 Å². The zero-order valence-electron chi connectivity index (χ0n) is 28.2. The molecule has 0 aliphatic carbocycles. The lowest BCUT2D eigenvalue weighted by atomic mass is 9.69. The van der Waals surface area contributed by atoms with Gasteiger partial charge in [0.05, 0.1) is 36.4 Å². The molecule has 0 amide bonds. The van der Waals surface area contributed by atoms with E-state index >= 15 is 0 Å². The molecule has 43 heavy (non-hydrogen) atoms. The smallest absolute Gasteiger partial charge is 0.311 e. The Hall–Kier alpha value is -1.40. The second-order valence-corrected chi connectivity index (χ2v) is 14.0. The van der Waals surface area contributed by atoms with Crippen LogP contribution in [0.1, 0.15) is 74.7 Å². The van der Waals surface area contributed by atoms with E-state index in [0.717, 1.165) is 5.57 Å². The third-order valence-corrected chi connectivity index (χ3v) is 10.6. The molecule has 2 N–H and O–H groups in total. The monoisotopic (exact) mass is 611 g/mol. The van der Waals surface area contributed by atoms with Gasteiger partial charge >= 0.3 is 5.97 Å². The van der Waals surface area contributed by atoms with E-state index in [2.05, 4.69) is 6.58 Å². The predicted octanol–water partition coefficient (Wildman–Crippen LogP) is 3.36. The normalized spacial score (nSPS) is 47.3. The highest BCUT2D eigenvalue weighted by atomic mass is 16.7. The number of ether oxygens (including phenoxy) is 5. The number of aliphatic hydroxyl groups excluding tert-OH is 2. The fraction of sp³-hybridized carbons (Fsp3) is 0.879. The van der Waals surface area contributed by atoms with Crippen molar-refractivity contribution in [2.45, 2.75) is 129 Å². The van der Waals surface area contributed by atoms with Crippen LogP contribution in [-0.4, -0.2) is 109 Å². The lowest BCUT2D eigenvalue weighted by Gasteiger charge is -2.48. The molecule has 0 saturated carbocycles. The maximum Gasteiger partial charge on any atom is 0.311 e. The van der Waals surface area contributed by atoms with E-state index in [-0.39, 0.29) is 36.9 Å². The van der Waals surface area contributed by atoms with Crippen LogP contribution >= 0.6 is 0 Å². The van der Waals surface area contributed by atoms with Crippen LogP contribution in [0.2, 0.25) is 0 Å². The standard InChI is InChI=1S/C33H57NO9/c1-13-24-33(9)25(18(3)16-40-33)20(5)26(35)17(2)15-32(8,39-12)29(21(6)27(36)22(7)30(38)42-24)43-31-28(37)23(34(10)11)14-19(4)41-31/h17,19-25,27-29,31,36-37H,3,13-16H2,1-2,4-12H3/t17-,19-,20?,21+,22-,23+,24-,25?,27+,28-,29-,31+,32-,33-/m1/s1. The van der Waals surface area contributed by atoms with Crippen molar-refractivity contribution in [1.29, 1.82) is 0 Å². The third-order valence-electron chi connectivity index (χ3n) is 10.6. The Bertz CT molecular complexity index is 1000. The number of cyclic esters (lactones) is 1. The van der Waals surface area contributed by atoms with Crippen molar-refractivity contribution in [3.63, 3.8) is 0 Å². The summed E-state index contributed by atoms with van der Waals surface area (Å²) < 4.78 is 31.1. The molecule has 3 aliphatic heterocycles. The van der Waals surface area contributed by atoms with Crippen LogP contribution in [0.4, 0.5) is 0 Å². The summed E-state index contributed by atoms with van der Waals surface area (Å²) in [7, 11) is 5.35. The van der Waals surface area contributed by atoms with Gasteiger partial charge in [0.2, 0.25) is 0 Å². The number of hydrogen-bond acceptors (Lipinski definition) is 10. The van der Waals surface area contributed by atoms with Crippen molar-refractivity contribution in [2.24, 2.45) is 29.6 Å². The Labute approximate surface area is 258 Å². The van der Waals surface area contributed by atoms with Crippen molar-refractivity contribution >= 4 is 11.8 Å². The zero-order chi connectivity index (χ0) is 32.6. The van der Waals surface area contributed by atoms with Crippen LogP contribution in [0.5, 0.6) is 0 Å². The summed E-state index contributed by atoms with van der Waals surface area (Å²) in [5.74, 6) is -3.42. The average Bonchev–Trinajstić information content (AvgIpc) is 3.27. The van der Waals surface area contributed by atoms with E-state index in [1.165, 1.54) is 0 Å². The van der Waals surface area contributed by atoms with Crippen molar-refractivity contribution in [2.75, 3.05) is 27.8 Å². The first-order valence-electron chi connectivity index (χ1n) is 15.9. The van der Waals surface area contributed by atoms with E-state index in [1.807, 2.05) is 60.5 Å². The highest BCUT2D eigenvalue weighted by Gasteiger charge is 2.55. The molecular formula is C33H57NO9. The summed E-state index contributed by atoms with van der Waals surface area (Å²) in [6, 6.07) is -0.210. The second kappa shape index (κ2) is 13.9. The Kier molecular flexibility index (Phi) is 11.7.